The summed E-state index contributed by atoms with van der Waals surface area (Å²) < 4.78 is 2.02. The van der Waals surface area contributed by atoms with Gasteiger partial charge in [0.1, 0.15) is 0 Å². The van der Waals surface area contributed by atoms with Gasteiger partial charge in [0.05, 0.1) is 0 Å². The van der Waals surface area contributed by atoms with Gasteiger partial charge in [-0.3, -0.25) is 4.79 Å². The monoisotopic (exact) mass is 402 g/mol. The van der Waals surface area contributed by atoms with Crippen LogP contribution in [0.3, 0.4) is 0 Å². The topological polar surface area (TPSA) is 17.1 Å². The first-order valence-electron chi connectivity index (χ1n) is 6.56. The molecule has 0 saturated carbocycles. The molecule has 0 atom stereocenters. The van der Waals surface area contributed by atoms with Gasteiger partial charge in [-0.05, 0) is 53.6 Å². The highest BCUT2D eigenvalue weighted by atomic mass is 79.9. The lowest BCUT2D eigenvalue weighted by atomic mass is 9.96. The molecule has 0 unspecified atom stereocenters. The van der Waals surface area contributed by atoms with Crippen molar-refractivity contribution in [3.05, 3.63) is 80.2 Å². The van der Waals surface area contributed by atoms with Crippen LogP contribution in [0.5, 0.6) is 0 Å². The Bertz CT molecular complexity index is 853. The normalized spacial score (nSPS) is 10.8. The Morgan fingerprint density at radius 1 is 0.857 bits per heavy atom. The maximum absolute atomic E-state index is 12.8. The van der Waals surface area contributed by atoms with Crippen molar-refractivity contribution in [1.29, 1.82) is 0 Å². The first-order valence-corrected chi connectivity index (χ1v) is 8.14. The van der Waals surface area contributed by atoms with Crippen LogP contribution < -0.4 is 0 Å². The molecule has 0 aromatic heterocycles. The predicted molar refractivity (Wildman–Crippen MR) is 94.0 cm³/mol. The van der Waals surface area contributed by atoms with Crippen molar-refractivity contribution in [2.75, 3.05) is 0 Å². The number of fused-ring (bicyclic) bond motifs is 1. The lowest BCUT2D eigenvalue weighted by Gasteiger charge is -2.08. The number of carbonyl (C=O) groups is 1. The van der Waals surface area contributed by atoms with Crippen molar-refractivity contribution < 1.29 is 4.79 Å². The van der Waals surface area contributed by atoms with E-state index in [2.05, 4.69) is 31.9 Å². The molecule has 0 aliphatic heterocycles. The highest BCUT2D eigenvalue weighted by Crippen LogP contribution is 2.29. The summed E-state index contributed by atoms with van der Waals surface area (Å²) in [4.78, 5) is 12.8. The molecule has 0 N–H and O–H groups in total. The van der Waals surface area contributed by atoms with Crippen LogP contribution in [-0.2, 0) is 0 Å². The minimum Gasteiger partial charge on any atom is -0.289 e. The van der Waals surface area contributed by atoms with E-state index in [1.54, 1.807) is 0 Å². The second kappa shape index (κ2) is 5.74. The van der Waals surface area contributed by atoms with Gasteiger partial charge in [-0.15, -0.1) is 0 Å². The smallest absolute Gasteiger partial charge is 0.193 e. The lowest BCUT2D eigenvalue weighted by molar-refractivity contribution is 0.104. The molecule has 0 aliphatic carbocycles. The van der Waals surface area contributed by atoms with Crippen LogP contribution in [-0.4, -0.2) is 5.78 Å². The zero-order valence-corrected chi connectivity index (χ0v) is 14.5. The fraction of sp³-hybridized carbons (Fsp3) is 0.0556. The summed E-state index contributed by atoms with van der Waals surface area (Å²) in [6.45, 7) is 1.99. The Balaban J connectivity index is 2.18. The van der Waals surface area contributed by atoms with E-state index >= 15 is 0 Å². The van der Waals surface area contributed by atoms with Gasteiger partial charge < -0.3 is 0 Å². The molecule has 0 fully saturated rings. The van der Waals surface area contributed by atoms with Crippen molar-refractivity contribution in [2.45, 2.75) is 6.92 Å². The summed E-state index contributed by atoms with van der Waals surface area (Å²) in [5, 5.41) is 2.02. The zero-order chi connectivity index (χ0) is 15.0. The number of halogens is 2. The number of hydrogen-bond acceptors (Lipinski definition) is 1. The van der Waals surface area contributed by atoms with E-state index in [1.807, 2.05) is 61.5 Å². The van der Waals surface area contributed by atoms with Crippen molar-refractivity contribution in [1.82, 2.24) is 0 Å². The van der Waals surface area contributed by atoms with E-state index in [9.17, 15) is 4.79 Å². The van der Waals surface area contributed by atoms with Crippen molar-refractivity contribution in [3.63, 3.8) is 0 Å². The molecule has 1 nitrogen and oxygen atoms in total. The van der Waals surface area contributed by atoms with Crippen molar-refractivity contribution in [3.8, 4) is 0 Å². The van der Waals surface area contributed by atoms with Gasteiger partial charge >= 0.3 is 0 Å². The molecule has 0 spiro atoms. The first kappa shape index (κ1) is 14.5. The van der Waals surface area contributed by atoms with Gasteiger partial charge in [0.25, 0.3) is 0 Å². The van der Waals surface area contributed by atoms with Crippen molar-refractivity contribution in [2.24, 2.45) is 0 Å². The maximum atomic E-state index is 12.8. The minimum atomic E-state index is 0.0503. The first-order chi connectivity index (χ1) is 10.1. The van der Waals surface area contributed by atoms with E-state index in [0.717, 1.165) is 30.8 Å². The van der Waals surface area contributed by atoms with Gasteiger partial charge in [0, 0.05) is 20.1 Å². The highest BCUT2D eigenvalue weighted by Gasteiger charge is 2.14. The number of rotatable bonds is 2. The molecule has 0 amide bonds. The summed E-state index contributed by atoms with van der Waals surface area (Å²) in [6, 6.07) is 17.4. The van der Waals surface area contributed by atoms with Crippen LogP contribution in [0, 0.1) is 6.92 Å². The maximum Gasteiger partial charge on any atom is 0.193 e. The third-order valence-corrected chi connectivity index (χ3v) is 5.12. The molecule has 0 aliphatic rings. The Hall–Kier alpha value is -1.45. The number of carbonyl (C=O) groups excluding carboxylic acids is 1. The average molecular weight is 404 g/mol. The zero-order valence-electron chi connectivity index (χ0n) is 11.4. The van der Waals surface area contributed by atoms with E-state index < -0.39 is 0 Å². The van der Waals surface area contributed by atoms with E-state index in [-0.39, 0.29) is 5.78 Å². The standard InChI is InChI=1S/C18H12Br2O/c1-11-10-12(6-8-16(11)19)18(21)15-7-9-17(20)14-5-3-2-4-13(14)15/h2-10H,1H3. The fourth-order valence-electron chi connectivity index (χ4n) is 2.40. The molecule has 3 rings (SSSR count). The molecular formula is C18H12Br2O. The minimum absolute atomic E-state index is 0.0503. The summed E-state index contributed by atoms with van der Waals surface area (Å²) in [7, 11) is 0. The second-order valence-electron chi connectivity index (χ2n) is 4.93. The van der Waals surface area contributed by atoms with E-state index in [4.69, 9.17) is 0 Å². The van der Waals surface area contributed by atoms with Gasteiger partial charge in [0.2, 0.25) is 0 Å². The van der Waals surface area contributed by atoms with Crippen LogP contribution >= 0.6 is 31.9 Å². The largest absolute Gasteiger partial charge is 0.289 e. The molecule has 3 heteroatoms. The van der Waals surface area contributed by atoms with Gasteiger partial charge in [-0.1, -0.05) is 56.1 Å². The van der Waals surface area contributed by atoms with Crippen LogP contribution in [0.4, 0.5) is 0 Å². The predicted octanol–water partition coefficient (Wildman–Crippen LogP) is 5.90. The molecule has 3 aromatic rings. The number of benzene rings is 3. The summed E-state index contributed by atoms with van der Waals surface area (Å²) in [5.74, 6) is 0.0503. The van der Waals surface area contributed by atoms with Gasteiger partial charge in [0.15, 0.2) is 5.78 Å². The fourth-order valence-corrected chi connectivity index (χ4v) is 3.13. The van der Waals surface area contributed by atoms with Crippen LogP contribution in [0.15, 0.2) is 63.5 Å². The highest BCUT2D eigenvalue weighted by molar-refractivity contribution is 9.11. The molecule has 3 aromatic carbocycles. The third kappa shape index (κ3) is 2.68. The Morgan fingerprint density at radius 3 is 2.24 bits per heavy atom. The molecule has 0 radical (unpaired) electrons. The van der Waals surface area contributed by atoms with E-state index in [0.29, 0.717) is 5.56 Å². The SMILES string of the molecule is Cc1cc(C(=O)c2ccc(Br)c3ccccc23)ccc1Br. The third-order valence-electron chi connectivity index (χ3n) is 3.54. The summed E-state index contributed by atoms with van der Waals surface area (Å²) in [6.07, 6.45) is 0. The Labute approximate surface area is 140 Å². The second-order valence-corrected chi connectivity index (χ2v) is 6.64. The molecule has 0 bridgehead atoms. The number of ketones is 1. The van der Waals surface area contributed by atoms with Gasteiger partial charge in [-0.2, -0.15) is 0 Å². The molecular weight excluding hydrogens is 392 g/mol. The van der Waals surface area contributed by atoms with Crippen LogP contribution in [0.25, 0.3) is 10.8 Å². The summed E-state index contributed by atoms with van der Waals surface area (Å²) >= 11 is 7.01. The number of hydrogen-bond donors (Lipinski definition) is 0. The van der Waals surface area contributed by atoms with Crippen LogP contribution in [0.2, 0.25) is 0 Å². The van der Waals surface area contributed by atoms with Gasteiger partial charge in [-0.25, -0.2) is 0 Å². The molecule has 104 valence electrons. The Morgan fingerprint density at radius 2 is 1.52 bits per heavy atom. The molecule has 21 heavy (non-hydrogen) atoms. The van der Waals surface area contributed by atoms with Crippen molar-refractivity contribution >= 4 is 48.4 Å². The Kier molecular flexibility index (Phi) is 3.96. The summed E-state index contributed by atoms with van der Waals surface area (Å²) in [5.41, 5.74) is 2.50. The van der Waals surface area contributed by atoms with Crippen LogP contribution in [0.1, 0.15) is 21.5 Å². The quantitative estimate of drug-likeness (QED) is 0.486. The van der Waals surface area contributed by atoms with E-state index in [1.165, 1.54) is 0 Å². The molecule has 0 saturated heterocycles. The lowest BCUT2D eigenvalue weighted by Crippen LogP contribution is -2.03. The molecule has 0 heterocycles. The average Bonchev–Trinajstić information content (AvgIpc) is 2.50. The number of aryl methyl sites for hydroxylation is 1.